The molecule has 1 fully saturated rings. The number of halogens is 2. The minimum absolute atomic E-state index is 0.0910. The van der Waals surface area contributed by atoms with Crippen LogP contribution in [-0.2, 0) is 0 Å². The standard InChI is InChI=1S/C12H15BrFN/c1-8-11(14)3-2-10(13)12(8)9-4-6-15-7-5-9/h2-3,9,15H,4-7H2,1H3. The van der Waals surface area contributed by atoms with E-state index in [1.807, 2.05) is 13.0 Å². The van der Waals surface area contributed by atoms with Crippen LogP contribution in [-0.4, -0.2) is 13.1 Å². The Morgan fingerprint density at radius 3 is 2.67 bits per heavy atom. The van der Waals surface area contributed by atoms with Crippen LogP contribution in [0, 0.1) is 12.7 Å². The minimum Gasteiger partial charge on any atom is -0.317 e. The van der Waals surface area contributed by atoms with Crippen molar-refractivity contribution in [2.45, 2.75) is 25.7 Å². The summed E-state index contributed by atoms with van der Waals surface area (Å²) < 4.78 is 14.5. The van der Waals surface area contributed by atoms with Crippen LogP contribution >= 0.6 is 15.9 Å². The van der Waals surface area contributed by atoms with Gasteiger partial charge in [0.15, 0.2) is 0 Å². The van der Waals surface area contributed by atoms with Crippen molar-refractivity contribution < 1.29 is 4.39 Å². The summed E-state index contributed by atoms with van der Waals surface area (Å²) in [6.45, 7) is 3.94. The molecule has 1 heterocycles. The van der Waals surface area contributed by atoms with Crippen LogP contribution in [0.25, 0.3) is 0 Å². The highest BCUT2D eigenvalue weighted by Gasteiger charge is 2.20. The van der Waals surface area contributed by atoms with E-state index in [2.05, 4.69) is 21.2 Å². The lowest BCUT2D eigenvalue weighted by molar-refractivity contribution is 0.455. The molecule has 82 valence electrons. The Hall–Kier alpha value is -0.410. The van der Waals surface area contributed by atoms with Crippen molar-refractivity contribution in [3.05, 3.63) is 33.5 Å². The van der Waals surface area contributed by atoms with E-state index >= 15 is 0 Å². The van der Waals surface area contributed by atoms with E-state index in [0.29, 0.717) is 5.92 Å². The molecule has 1 aliphatic heterocycles. The summed E-state index contributed by atoms with van der Waals surface area (Å²) in [6, 6.07) is 3.35. The molecule has 1 N–H and O–H groups in total. The molecule has 0 aliphatic carbocycles. The molecular formula is C12H15BrFN. The third-order valence-corrected chi connectivity index (χ3v) is 3.83. The average Bonchev–Trinajstić information content (AvgIpc) is 2.26. The lowest BCUT2D eigenvalue weighted by atomic mass is 9.87. The molecule has 0 saturated carbocycles. The number of rotatable bonds is 1. The summed E-state index contributed by atoms with van der Waals surface area (Å²) in [4.78, 5) is 0. The number of hydrogen-bond donors (Lipinski definition) is 1. The fourth-order valence-corrected chi connectivity index (χ4v) is 3.03. The maximum Gasteiger partial charge on any atom is 0.126 e. The first kappa shape index (κ1) is 11.1. The molecule has 0 atom stereocenters. The quantitative estimate of drug-likeness (QED) is 0.826. The lowest BCUT2D eigenvalue weighted by Gasteiger charge is -2.25. The second kappa shape index (κ2) is 4.62. The zero-order valence-electron chi connectivity index (χ0n) is 8.82. The monoisotopic (exact) mass is 271 g/mol. The second-order valence-electron chi connectivity index (χ2n) is 4.09. The van der Waals surface area contributed by atoms with Gasteiger partial charge in [-0.1, -0.05) is 15.9 Å². The third-order valence-electron chi connectivity index (χ3n) is 3.14. The third kappa shape index (κ3) is 2.23. The molecule has 1 nitrogen and oxygen atoms in total. The van der Waals surface area contributed by atoms with Gasteiger partial charge in [0.2, 0.25) is 0 Å². The number of piperidine rings is 1. The zero-order chi connectivity index (χ0) is 10.8. The van der Waals surface area contributed by atoms with Crippen LogP contribution in [0.4, 0.5) is 4.39 Å². The van der Waals surface area contributed by atoms with Crippen LogP contribution in [0.3, 0.4) is 0 Å². The Morgan fingerprint density at radius 2 is 2.00 bits per heavy atom. The molecular weight excluding hydrogens is 257 g/mol. The summed E-state index contributed by atoms with van der Waals surface area (Å²) in [7, 11) is 0. The Morgan fingerprint density at radius 1 is 1.33 bits per heavy atom. The van der Waals surface area contributed by atoms with Crippen molar-refractivity contribution in [2.24, 2.45) is 0 Å². The summed E-state index contributed by atoms with van der Waals surface area (Å²) in [6.07, 6.45) is 2.20. The minimum atomic E-state index is -0.0910. The molecule has 0 unspecified atom stereocenters. The average molecular weight is 272 g/mol. The Kier molecular flexibility index (Phi) is 3.42. The van der Waals surface area contributed by atoms with Gasteiger partial charge in [0.05, 0.1) is 0 Å². The molecule has 0 aromatic heterocycles. The van der Waals surface area contributed by atoms with E-state index < -0.39 is 0 Å². The van der Waals surface area contributed by atoms with Gasteiger partial charge >= 0.3 is 0 Å². The van der Waals surface area contributed by atoms with E-state index in [4.69, 9.17) is 0 Å². The first-order valence-corrected chi connectivity index (χ1v) is 6.14. The van der Waals surface area contributed by atoms with Crippen molar-refractivity contribution in [1.82, 2.24) is 5.32 Å². The van der Waals surface area contributed by atoms with Gasteiger partial charge in [0, 0.05) is 4.47 Å². The first-order valence-electron chi connectivity index (χ1n) is 5.35. The number of nitrogens with one attached hydrogen (secondary N) is 1. The highest BCUT2D eigenvalue weighted by Crippen LogP contribution is 2.34. The van der Waals surface area contributed by atoms with Gasteiger partial charge in [0.25, 0.3) is 0 Å². The van der Waals surface area contributed by atoms with Crippen molar-refractivity contribution in [1.29, 1.82) is 0 Å². The largest absolute Gasteiger partial charge is 0.317 e. The van der Waals surface area contributed by atoms with Crippen molar-refractivity contribution in [2.75, 3.05) is 13.1 Å². The number of benzene rings is 1. The van der Waals surface area contributed by atoms with Crippen LogP contribution in [0.1, 0.15) is 29.9 Å². The van der Waals surface area contributed by atoms with E-state index in [1.54, 1.807) is 0 Å². The smallest absolute Gasteiger partial charge is 0.126 e. The van der Waals surface area contributed by atoms with Gasteiger partial charge in [0.1, 0.15) is 5.82 Å². The molecule has 1 aromatic carbocycles. The molecule has 3 heteroatoms. The maximum absolute atomic E-state index is 13.5. The van der Waals surface area contributed by atoms with E-state index in [-0.39, 0.29) is 5.82 Å². The summed E-state index contributed by atoms with van der Waals surface area (Å²) >= 11 is 3.53. The van der Waals surface area contributed by atoms with Gasteiger partial charge in [-0.15, -0.1) is 0 Å². The van der Waals surface area contributed by atoms with Crippen molar-refractivity contribution in [3.63, 3.8) is 0 Å². The van der Waals surface area contributed by atoms with Crippen LogP contribution in [0.15, 0.2) is 16.6 Å². The van der Waals surface area contributed by atoms with E-state index in [1.165, 1.54) is 6.07 Å². The molecule has 0 radical (unpaired) electrons. The van der Waals surface area contributed by atoms with Crippen molar-refractivity contribution >= 4 is 15.9 Å². The summed E-state index contributed by atoms with van der Waals surface area (Å²) in [5.74, 6) is 0.406. The van der Waals surface area contributed by atoms with E-state index in [0.717, 1.165) is 41.5 Å². The summed E-state index contributed by atoms with van der Waals surface area (Å²) in [5, 5.41) is 3.33. The number of hydrogen-bond acceptors (Lipinski definition) is 1. The van der Waals surface area contributed by atoms with E-state index in [9.17, 15) is 4.39 Å². The van der Waals surface area contributed by atoms with Crippen LogP contribution < -0.4 is 5.32 Å². The highest BCUT2D eigenvalue weighted by molar-refractivity contribution is 9.10. The lowest BCUT2D eigenvalue weighted by Crippen LogP contribution is -2.27. The van der Waals surface area contributed by atoms with Gasteiger partial charge in [-0.05, 0) is 62.0 Å². The SMILES string of the molecule is Cc1c(F)ccc(Br)c1C1CCNCC1. The molecule has 2 rings (SSSR count). The molecule has 0 spiro atoms. The highest BCUT2D eigenvalue weighted by atomic mass is 79.9. The van der Waals surface area contributed by atoms with Gasteiger partial charge in [-0.2, -0.15) is 0 Å². The van der Waals surface area contributed by atoms with Crippen molar-refractivity contribution in [3.8, 4) is 0 Å². The molecule has 1 aromatic rings. The molecule has 0 amide bonds. The summed E-state index contributed by atoms with van der Waals surface area (Å²) in [5.41, 5.74) is 1.97. The van der Waals surface area contributed by atoms with Gasteiger partial charge in [-0.25, -0.2) is 4.39 Å². The zero-order valence-corrected chi connectivity index (χ0v) is 10.4. The molecule has 15 heavy (non-hydrogen) atoms. The van der Waals surface area contributed by atoms with Gasteiger partial charge < -0.3 is 5.32 Å². The molecule has 1 saturated heterocycles. The molecule has 0 bridgehead atoms. The Balaban J connectivity index is 2.36. The molecule has 1 aliphatic rings. The Bertz CT molecular complexity index is 359. The fourth-order valence-electron chi connectivity index (χ4n) is 2.28. The van der Waals surface area contributed by atoms with Crippen LogP contribution in [0.2, 0.25) is 0 Å². The van der Waals surface area contributed by atoms with Gasteiger partial charge in [-0.3, -0.25) is 0 Å². The predicted molar refractivity (Wildman–Crippen MR) is 63.7 cm³/mol. The second-order valence-corrected chi connectivity index (χ2v) is 4.95. The predicted octanol–water partition coefficient (Wildman–Crippen LogP) is 3.36. The van der Waals surface area contributed by atoms with Crippen LogP contribution in [0.5, 0.6) is 0 Å². The normalized spacial score (nSPS) is 18.1. The Labute approximate surface area is 98.2 Å². The maximum atomic E-state index is 13.5. The topological polar surface area (TPSA) is 12.0 Å². The fraction of sp³-hybridized carbons (Fsp3) is 0.500. The first-order chi connectivity index (χ1) is 7.20.